The lowest BCUT2D eigenvalue weighted by atomic mass is 10.2. The molecule has 1 aromatic heterocycles. The first kappa shape index (κ1) is 14.0. The Kier molecular flexibility index (Phi) is 4.51. The van der Waals surface area contributed by atoms with Crippen LogP contribution in [0.3, 0.4) is 0 Å². The third kappa shape index (κ3) is 3.31. The molecule has 0 aliphatic rings. The molecule has 0 aliphatic heterocycles. The second-order valence-corrected chi connectivity index (χ2v) is 4.80. The smallest absolute Gasteiger partial charge is 0.354 e. The van der Waals surface area contributed by atoms with E-state index in [1.807, 2.05) is 22.9 Å². The van der Waals surface area contributed by atoms with E-state index in [1.165, 1.54) is 0 Å². The Hall–Kier alpha value is -1.45. The Labute approximate surface area is 121 Å². The van der Waals surface area contributed by atoms with Gasteiger partial charge in [0.05, 0.1) is 16.7 Å². The lowest BCUT2D eigenvalue weighted by Gasteiger charge is -2.09. The van der Waals surface area contributed by atoms with Crippen molar-refractivity contribution >= 4 is 29.2 Å². The van der Waals surface area contributed by atoms with Crippen molar-refractivity contribution in [2.45, 2.75) is 13.5 Å². The fourth-order valence-electron chi connectivity index (χ4n) is 1.78. The summed E-state index contributed by atoms with van der Waals surface area (Å²) in [6.45, 7) is 2.68. The molecule has 0 fully saturated rings. The van der Waals surface area contributed by atoms with E-state index in [-0.39, 0.29) is 5.97 Å². The van der Waals surface area contributed by atoms with Gasteiger partial charge in [-0.3, -0.25) is 0 Å². The van der Waals surface area contributed by atoms with Crippen LogP contribution in [0.15, 0.2) is 36.5 Å². The fraction of sp³-hybridized carbons (Fsp3) is 0.214. The standard InChI is InChI=1S/C14H13Cl2NO2/c1-2-19-14(18)13-4-3-7-17(13)9-10-5-6-11(15)12(16)8-10/h3-8H,2,9H2,1H3. The Balaban J connectivity index is 2.21. The molecular weight excluding hydrogens is 285 g/mol. The minimum absolute atomic E-state index is 0.326. The topological polar surface area (TPSA) is 31.2 Å². The van der Waals surface area contributed by atoms with Gasteiger partial charge in [0.2, 0.25) is 0 Å². The van der Waals surface area contributed by atoms with Crippen molar-refractivity contribution in [2.75, 3.05) is 6.61 Å². The number of hydrogen-bond acceptors (Lipinski definition) is 2. The Morgan fingerprint density at radius 1 is 1.26 bits per heavy atom. The van der Waals surface area contributed by atoms with Gasteiger partial charge in [-0.15, -0.1) is 0 Å². The maximum absolute atomic E-state index is 11.7. The van der Waals surface area contributed by atoms with Crippen LogP contribution in [0, 0.1) is 0 Å². The van der Waals surface area contributed by atoms with Gasteiger partial charge in [-0.25, -0.2) is 4.79 Å². The van der Waals surface area contributed by atoms with Gasteiger partial charge in [0.25, 0.3) is 0 Å². The van der Waals surface area contributed by atoms with Crippen LogP contribution in [-0.4, -0.2) is 17.1 Å². The number of hydrogen-bond donors (Lipinski definition) is 0. The number of carbonyl (C=O) groups is 1. The van der Waals surface area contributed by atoms with Gasteiger partial charge in [0.1, 0.15) is 5.69 Å². The summed E-state index contributed by atoms with van der Waals surface area (Å²) in [5.74, 6) is -0.326. The zero-order valence-electron chi connectivity index (χ0n) is 10.4. The molecule has 3 nitrogen and oxygen atoms in total. The van der Waals surface area contributed by atoms with Gasteiger partial charge in [-0.1, -0.05) is 29.3 Å². The Morgan fingerprint density at radius 3 is 2.74 bits per heavy atom. The molecule has 19 heavy (non-hydrogen) atoms. The van der Waals surface area contributed by atoms with Crippen LogP contribution in [0.4, 0.5) is 0 Å². The van der Waals surface area contributed by atoms with E-state index in [2.05, 4.69) is 0 Å². The lowest BCUT2D eigenvalue weighted by Crippen LogP contribution is -2.12. The van der Waals surface area contributed by atoms with Gasteiger partial charge >= 0.3 is 5.97 Å². The van der Waals surface area contributed by atoms with E-state index < -0.39 is 0 Å². The van der Waals surface area contributed by atoms with Crippen molar-refractivity contribution in [3.05, 3.63) is 57.8 Å². The number of ether oxygens (including phenoxy) is 1. The summed E-state index contributed by atoms with van der Waals surface area (Å²) < 4.78 is 6.82. The van der Waals surface area contributed by atoms with Crippen molar-refractivity contribution in [2.24, 2.45) is 0 Å². The van der Waals surface area contributed by atoms with E-state index in [0.29, 0.717) is 28.9 Å². The molecule has 1 aromatic carbocycles. The second-order valence-electron chi connectivity index (χ2n) is 3.99. The monoisotopic (exact) mass is 297 g/mol. The van der Waals surface area contributed by atoms with Gasteiger partial charge < -0.3 is 9.30 Å². The molecule has 0 saturated heterocycles. The molecule has 2 rings (SSSR count). The summed E-state index contributed by atoms with van der Waals surface area (Å²) in [6.07, 6.45) is 1.83. The summed E-state index contributed by atoms with van der Waals surface area (Å²) >= 11 is 11.8. The quantitative estimate of drug-likeness (QED) is 0.798. The van der Waals surface area contributed by atoms with E-state index >= 15 is 0 Å². The number of esters is 1. The molecule has 0 amide bonds. The molecule has 0 saturated carbocycles. The normalized spacial score (nSPS) is 10.5. The van der Waals surface area contributed by atoms with Crippen LogP contribution < -0.4 is 0 Å². The Morgan fingerprint density at radius 2 is 2.05 bits per heavy atom. The van der Waals surface area contributed by atoms with Crippen LogP contribution in [0.2, 0.25) is 10.0 Å². The molecule has 2 aromatic rings. The molecule has 0 unspecified atom stereocenters. The largest absolute Gasteiger partial charge is 0.461 e. The highest BCUT2D eigenvalue weighted by Gasteiger charge is 2.12. The average molecular weight is 298 g/mol. The van der Waals surface area contributed by atoms with Crippen LogP contribution >= 0.6 is 23.2 Å². The maximum Gasteiger partial charge on any atom is 0.354 e. The highest BCUT2D eigenvalue weighted by molar-refractivity contribution is 6.42. The van der Waals surface area contributed by atoms with E-state index in [0.717, 1.165) is 5.56 Å². The van der Waals surface area contributed by atoms with Gasteiger partial charge in [0.15, 0.2) is 0 Å². The third-order valence-corrected chi connectivity index (χ3v) is 3.39. The highest BCUT2D eigenvalue weighted by atomic mass is 35.5. The van der Waals surface area contributed by atoms with Crippen molar-refractivity contribution in [3.63, 3.8) is 0 Å². The van der Waals surface area contributed by atoms with Crippen LogP contribution in [0.25, 0.3) is 0 Å². The fourth-order valence-corrected chi connectivity index (χ4v) is 2.10. The molecule has 0 radical (unpaired) electrons. The predicted octanol–water partition coefficient (Wildman–Crippen LogP) is 4.02. The zero-order chi connectivity index (χ0) is 13.8. The molecule has 5 heteroatoms. The first-order valence-electron chi connectivity index (χ1n) is 5.88. The summed E-state index contributed by atoms with van der Waals surface area (Å²) in [4.78, 5) is 11.7. The molecule has 0 bridgehead atoms. The number of halogens is 2. The molecule has 0 aliphatic carbocycles. The summed E-state index contributed by atoms with van der Waals surface area (Å²) in [5, 5.41) is 1.02. The SMILES string of the molecule is CCOC(=O)c1cccn1Cc1ccc(Cl)c(Cl)c1. The maximum atomic E-state index is 11.7. The van der Waals surface area contributed by atoms with Gasteiger partial charge in [-0.2, -0.15) is 0 Å². The zero-order valence-corrected chi connectivity index (χ0v) is 11.9. The van der Waals surface area contributed by atoms with Crippen molar-refractivity contribution in [1.29, 1.82) is 0 Å². The molecule has 100 valence electrons. The predicted molar refractivity (Wildman–Crippen MR) is 76.0 cm³/mol. The first-order chi connectivity index (χ1) is 9.11. The van der Waals surface area contributed by atoms with E-state index in [1.54, 1.807) is 25.1 Å². The molecule has 0 spiro atoms. The van der Waals surface area contributed by atoms with E-state index in [4.69, 9.17) is 27.9 Å². The average Bonchev–Trinajstić information content (AvgIpc) is 2.82. The molecular formula is C14H13Cl2NO2. The minimum Gasteiger partial charge on any atom is -0.461 e. The summed E-state index contributed by atoms with van der Waals surface area (Å²) in [7, 11) is 0. The number of nitrogens with zero attached hydrogens (tertiary/aromatic N) is 1. The summed E-state index contributed by atoms with van der Waals surface area (Å²) in [5.41, 5.74) is 1.49. The minimum atomic E-state index is -0.326. The number of carbonyl (C=O) groups excluding carboxylic acids is 1. The molecule has 1 heterocycles. The third-order valence-electron chi connectivity index (χ3n) is 2.65. The highest BCUT2D eigenvalue weighted by Crippen LogP contribution is 2.23. The van der Waals surface area contributed by atoms with Crippen LogP contribution in [0.5, 0.6) is 0 Å². The summed E-state index contributed by atoms with van der Waals surface area (Å²) in [6, 6.07) is 8.95. The second kappa shape index (κ2) is 6.13. The number of rotatable bonds is 4. The number of aromatic nitrogens is 1. The number of benzene rings is 1. The lowest BCUT2D eigenvalue weighted by molar-refractivity contribution is 0.0514. The molecule has 0 atom stereocenters. The molecule has 0 N–H and O–H groups in total. The van der Waals surface area contributed by atoms with Gasteiger partial charge in [0, 0.05) is 12.7 Å². The van der Waals surface area contributed by atoms with Crippen molar-refractivity contribution in [3.8, 4) is 0 Å². The van der Waals surface area contributed by atoms with Crippen molar-refractivity contribution in [1.82, 2.24) is 4.57 Å². The Bertz CT molecular complexity index is 593. The van der Waals surface area contributed by atoms with Crippen LogP contribution in [0.1, 0.15) is 23.0 Å². The van der Waals surface area contributed by atoms with E-state index in [9.17, 15) is 4.79 Å². The van der Waals surface area contributed by atoms with Crippen molar-refractivity contribution < 1.29 is 9.53 Å². The van der Waals surface area contributed by atoms with Gasteiger partial charge in [-0.05, 0) is 36.8 Å². The first-order valence-corrected chi connectivity index (χ1v) is 6.63. The van der Waals surface area contributed by atoms with Crippen LogP contribution in [-0.2, 0) is 11.3 Å².